The summed E-state index contributed by atoms with van der Waals surface area (Å²) in [6, 6.07) is 3.84. The summed E-state index contributed by atoms with van der Waals surface area (Å²) in [6.45, 7) is 3.96. The number of hydrogen-bond donors (Lipinski definition) is 1. The molecule has 1 nitrogen and oxygen atoms in total. The Kier molecular flexibility index (Phi) is 5.91. The lowest BCUT2D eigenvalue weighted by molar-refractivity contribution is 0.513. The van der Waals surface area contributed by atoms with Crippen molar-refractivity contribution in [1.82, 2.24) is 5.32 Å². The van der Waals surface area contributed by atoms with Gasteiger partial charge in [-0.2, -0.15) is 11.8 Å². The van der Waals surface area contributed by atoms with Crippen molar-refractivity contribution in [3.05, 3.63) is 34.6 Å². The van der Waals surface area contributed by atoms with E-state index in [0.29, 0.717) is 0 Å². The Labute approximate surface area is 126 Å². The van der Waals surface area contributed by atoms with E-state index < -0.39 is 0 Å². The highest BCUT2D eigenvalue weighted by Gasteiger charge is 2.20. The van der Waals surface area contributed by atoms with Crippen molar-refractivity contribution in [3.63, 3.8) is 0 Å². The van der Waals surface area contributed by atoms with Gasteiger partial charge in [-0.15, -0.1) is 0 Å². The Morgan fingerprint density at radius 3 is 2.55 bits per heavy atom. The van der Waals surface area contributed by atoms with Crippen molar-refractivity contribution >= 4 is 11.8 Å². The quantitative estimate of drug-likeness (QED) is 0.840. The van der Waals surface area contributed by atoms with Gasteiger partial charge in [-0.3, -0.25) is 0 Å². The molecule has 1 aliphatic carbocycles. The van der Waals surface area contributed by atoms with Crippen LogP contribution in [0.25, 0.3) is 0 Å². The van der Waals surface area contributed by atoms with Gasteiger partial charge in [-0.1, -0.05) is 25.3 Å². The van der Waals surface area contributed by atoms with Crippen LogP contribution in [0.4, 0.5) is 4.39 Å². The highest BCUT2D eigenvalue weighted by molar-refractivity contribution is 7.99. The van der Waals surface area contributed by atoms with Crippen LogP contribution in [0.1, 0.15) is 54.8 Å². The van der Waals surface area contributed by atoms with Gasteiger partial charge in [0, 0.05) is 22.6 Å². The van der Waals surface area contributed by atoms with E-state index in [4.69, 9.17) is 0 Å². The third-order valence-corrected chi connectivity index (χ3v) is 5.70. The fourth-order valence-corrected chi connectivity index (χ4v) is 4.61. The summed E-state index contributed by atoms with van der Waals surface area (Å²) in [6.07, 6.45) is 6.77. The smallest absolute Gasteiger partial charge is 0.128 e. The molecule has 1 saturated carbocycles. The minimum Gasteiger partial charge on any atom is -0.312 e. The minimum atomic E-state index is -0.0638. The Morgan fingerprint density at radius 1 is 1.25 bits per heavy atom. The summed E-state index contributed by atoms with van der Waals surface area (Å²) in [5.41, 5.74) is 2.91. The second-order valence-corrected chi connectivity index (χ2v) is 7.25. The maximum Gasteiger partial charge on any atom is 0.128 e. The first-order valence-electron chi connectivity index (χ1n) is 7.67. The third-order valence-electron chi connectivity index (χ3n) is 4.23. The van der Waals surface area contributed by atoms with Crippen LogP contribution in [0.15, 0.2) is 12.1 Å². The number of rotatable bonds is 5. The van der Waals surface area contributed by atoms with E-state index in [1.54, 1.807) is 6.07 Å². The molecule has 0 saturated heterocycles. The SMILES string of the molecule is CNC(CSC1CCCCC1)c1c(C)cc(C)cc1F. The van der Waals surface area contributed by atoms with E-state index in [9.17, 15) is 4.39 Å². The summed E-state index contributed by atoms with van der Waals surface area (Å²) in [5, 5.41) is 4.07. The second-order valence-electron chi connectivity index (χ2n) is 5.91. The minimum absolute atomic E-state index is 0.0638. The Morgan fingerprint density at radius 2 is 1.95 bits per heavy atom. The highest BCUT2D eigenvalue weighted by Crippen LogP contribution is 2.32. The lowest BCUT2D eigenvalue weighted by atomic mass is 9.99. The second kappa shape index (κ2) is 7.46. The lowest BCUT2D eigenvalue weighted by Gasteiger charge is -2.25. The van der Waals surface area contributed by atoms with E-state index in [-0.39, 0.29) is 11.9 Å². The normalized spacial score (nSPS) is 18.2. The van der Waals surface area contributed by atoms with Gasteiger partial charge < -0.3 is 5.32 Å². The molecule has 1 fully saturated rings. The Hall–Kier alpha value is -0.540. The number of benzene rings is 1. The molecule has 1 aromatic rings. The zero-order chi connectivity index (χ0) is 14.5. The van der Waals surface area contributed by atoms with Crippen molar-refractivity contribution in [2.75, 3.05) is 12.8 Å². The van der Waals surface area contributed by atoms with Crippen LogP contribution in [-0.2, 0) is 0 Å². The number of nitrogens with one attached hydrogen (secondary N) is 1. The molecular weight excluding hydrogens is 269 g/mol. The molecule has 0 aromatic heterocycles. The van der Waals surface area contributed by atoms with Crippen molar-refractivity contribution < 1.29 is 4.39 Å². The Bertz CT molecular complexity index is 418. The molecule has 2 rings (SSSR count). The Balaban J connectivity index is 2.04. The van der Waals surface area contributed by atoms with E-state index in [0.717, 1.165) is 27.7 Å². The van der Waals surface area contributed by atoms with Crippen molar-refractivity contribution in [2.24, 2.45) is 0 Å². The van der Waals surface area contributed by atoms with Crippen LogP contribution in [-0.4, -0.2) is 18.1 Å². The van der Waals surface area contributed by atoms with Gasteiger partial charge >= 0.3 is 0 Å². The number of halogens is 1. The van der Waals surface area contributed by atoms with Crippen molar-refractivity contribution in [1.29, 1.82) is 0 Å². The van der Waals surface area contributed by atoms with Crippen LogP contribution in [0.2, 0.25) is 0 Å². The molecular formula is C17H26FNS. The summed E-state index contributed by atoms with van der Waals surface area (Å²) in [4.78, 5) is 0. The van der Waals surface area contributed by atoms with Gasteiger partial charge in [-0.25, -0.2) is 4.39 Å². The predicted octanol–water partition coefficient (Wildman–Crippen LogP) is 4.77. The van der Waals surface area contributed by atoms with Gasteiger partial charge in [0.1, 0.15) is 5.82 Å². The summed E-state index contributed by atoms with van der Waals surface area (Å²) in [7, 11) is 1.94. The largest absolute Gasteiger partial charge is 0.312 e. The average molecular weight is 295 g/mol. The zero-order valence-corrected chi connectivity index (χ0v) is 13.7. The summed E-state index contributed by atoms with van der Waals surface area (Å²) >= 11 is 2.02. The summed E-state index contributed by atoms with van der Waals surface area (Å²) in [5.74, 6) is 0.897. The van der Waals surface area contributed by atoms with Gasteiger partial charge in [0.25, 0.3) is 0 Å². The molecule has 0 heterocycles. The highest BCUT2D eigenvalue weighted by atomic mass is 32.2. The first-order chi connectivity index (χ1) is 9.61. The molecule has 0 bridgehead atoms. The van der Waals surface area contributed by atoms with Crippen LogP contribution >= 0.6 is 11.8 Å². The molecule has 1 aromatic carbocycles. The topological polar surface area (TPSA) is 12.0 Å². The molecule has 0 radical (unpaired) electrons. The molecule has 1 aliphatic rings. The maximum atomic E-state index is 14.3. The third kappa shape index (κ3) is 3.98. The fraction of sp³-hybridized carbons (Fsp3) is 0.647. The first-order valence-corrected chi connectivity index (χ1v) is 8.72. The van der Waals surface area contributed by atoms with Gasteiger partial charge in [-0.05, 0) is 50.9 Å². The van der Waals surface area contributed by atoms with Crippen LogP contribution in [0.3, 0.4) is 0 Å². The fourth-order valence-electron chi connectivity index (χ4n) is 3.14. The van der Waals surface area contributed by atoms with Crippen LogP contribution in [0.5, 0.6) is 0 Å². The number of thioether (sulfide) groups is 1. The van der Waals surface area contributed by atoms with Crippen molar-refractivity contribution in [3.8, 4) is 0 Å². The predicted molar refractivity (Wildman–Crippen MR) is 87.0 cm³/mol. The standard InChI is InChI=1S/C17H26FNS/c1-12-9-13(2)17(15(18)10-12)16(19-3)11-20-14-7-5-4-6-8-14/h9-10,14,16,19H,4-8,11H2,1-3H3. The first kappa shape index (κ1) is 15.8. The van der Waals surface area contributed by atoms with E-state index in [1.807, 2.05) is 32.7 Å². The molecule has 3 heteroatoms. The number of aryl methyl sites for hydroxylation is 2. The monoisotopic (exact) mass is 295 g/mol. The molecule has 0 spiro atoms. The molecule has 1 atom stereocenters. The van der Waals surface area contributed by atoms with Crippen LogP contribution in [0, 0.1) is 19.7 Å². The molecule has 1 unspecified atom stereocenters. The van der Waals surface area contributed by atoms with Gasteiger partial charge in [0.2, 0.25) is 0 Å². The molecule has 20 heavy (non-hydrogen) atoms. The zero-order valence-electron chi connectivity index (χ0n) is 12.8. The van der Waals surface area contributed by atoms with E-state index in [2.05, 4.69) is 11.4 Å². The lowest BCUT2D eigenvalue weighted by Crippen LogP contribution is -2.23. The summed E-state index contributed by atoms with van der Waals surface area (Å²) < 4.78 is 14.3. The van der Waals surface area contributed by atoms with E-state index >= 15 is 0 Å². The van der Waals surface area contributed by atoms with Gasteiger partial charge in [0.15, 0.2) is 0 Å². The maximum absolute atomic E-state index is 14.3. The number of hydrogen-bond acceptors (Lipinski definition) is 2. The van der Waals surface area contributed by atoms with E-state index in [1.165, 1.54) is 32.1 Å². The molecule has 0 amide bonds. The molecule has 1 N–H and O–H groups in total. The molecule has 112 valence electrons. The van der Waals surface area contributed by atoms with Crippen molar-refractivity contribution in [2.45, 2.75) is 57.2 Å². The average Bonchev–Trinajstić information content (AvgIpc) is 2.42. The van der Waals surface area contributed by atoms with Gasteiger partial charge in [0.05, 0.1) is 0 Å². The molecule has 0 aliphatic heterocycles. The van der Waals surface area contributed by atoms with Crippen LogP contribution < -0.4 is 5.32 Å².